The number of amides is 2. The molecule has 0 bridgehead atoms. The monoisotopic (exact) mass is 574 g/mol. The van der Waals surface area contributed by atoms with Crippen molar-refractivity contribution in [2.24, 2.45) is 0 Å². The van der Waals surface area contributed by atoms with Crippen LogP contribution < -0.4 is 4.74 Å². The first-order valence-corrected chi connectivity index (χ1v) is 14.2. The molecular weight excluding hydrogens is 543 g/mol. The van der Waals surface area contributed by atoms with E-state index >= 15 is 4.39 Å². The Kier molecular flexibility index (Phi) is 8.63. The largest absolute Gasteiger partial charge is 0.491 e. The predicted octanol–water partition coefficient (Wildman–Crippen LogP) is 7.21. The summed E-state index contributed by atoms with van der Waals surface area (Å²) in [5, 5.41) is 14.7. The van der Waals surface area contributed by atoms with Crippen LogP contribution in [-0.2, 0) is 9.59 Å². The maximum absolute atomic E-state index is 15.1. The van der Waals surface area contributed by atoms with E-state index in [4.69, 9.17) is 9.84 Å². The Labute approximate surface area is 250 Å². The first-order valence-electron chi connectivity index (χ1n) is 14.2. The maximum Gasteiger partial charge on any atom is 0.272 e. The normalized spacial score (nSPS) is 15.1. The summed E-state index contributed by atoms with van der Waals surface area (Å²) in [7, 11) is 0. The van der Waals surface area contributed by atoms with Gasteiger partial charge in [0, 0.05) is 22.9 Å². The van der Waals surface area contributed by atoms with Gasteiger partial charge in [-0.1, -0.05) is 61.9 Å². The van der Waals surface area contributed by atoms with Crippen LogP contribution in [0.4, 0.5) is 4.39 Å². The van der Waals surface area contributed by atoms with Gasteiger partial charge in [-0.25, -0.2) is 9.07 Å². The number of unbranched alkanes of at least 4 members (excludes halogenated alkanes) is 1. The fraction of sp³-hybridized carbons (Fsp3) is 0.200. The first-order chi connectivity index (χ1) is 20.8. The summed E-state index contributed by atoms with van der Waals surface area (Å²) in [5.41, 5.74) is 3.31. The number of benzene rings is 3. The second-order valence-electron chi connectivity index (χ2n) is 10.3. The van der Waals surface area contributed by atoms with Crippen LogP contribution in [0.15, 0.2) is 102 Å². The van der Waals surface area contributed by atoms with Gasteiger partial charge in [-0.2, -0.15) is 10.4 Å². The van der Waals surface area contributed by atoms with E-state index in [0.717, 1.165) is 29.0 Å². The number of aromatic nitrogens is 2. The summed E-state index contributed by atoms with van der Waals surface area (Å²) in [4.78, 5) is 28.4. The third kappa shape index (κ3) is 5.88. The average Bonchev–Trinajstić information content (AvgIpc) is 3.45. The van der Waals surface area contributed by atoms with Crippen molar-refractivity contribution in [1.29, 1.82) is 5.26 Å². The van der Waals surface area contributed by atoms with E-state index in [9.17, 15) is 14.9 Å². The van der Waals surface area contributed by atoms with Crippen LogP contribution in [-0.4, -0.2) is 33.1 Å². The Morgan fingerprint density at radius 1 is 1.02 bits per heavy atom. The molecule has 1 aliphatic rings. The van der Waals surface area contributed by atoms with Gasteiger partial charge in [0.2, 0.25) is 0 Å². The molecule has 7 nitrogen and oxygen atoms in total. The Balaban J connectivity index is 1.63. The lowest BCUT2D eigenvalue weighted by Crippen LogP contribution is -2.44. The molecular formula is C35H31FN4O3. The van der Waals surface area contributed by atoms with E-state index in [1.807, 2.05) is 73.7 Å². The van der Waals surface area contributed by atoms with Crippen molar-refractivity contribution < 1.29 is 18.7 Å². The minimum atomic E-state index is -0.639. The molecule has 0 aliphatic carbocycles. The fourth-order valence-corrected chi connectivity index (χ4v) is 5.01. The Morgan fingerprint density at radius 3 is 2.37 bits per heavy atom. The summed E-state index contributed by atoms with van der Waals surface area (Å²) >= 11 is 0. The van der Waals surface area contributed by atoms with Crippen LogP contribution in [0.25, 0.3) is 23.0 Å². The lowest BCUT2D eigenvalue weighted by atomic mass is 9.91. The van der Waals surface area contributed by atoms with Crippen LogP contribution in [0.2, 0.25) is 0 Å². The molecule has 8 heteroatoms. The molecule has 1 aliphatic heterocycles. The number of hydrogen-bond acceptors (Lipinski definition) is 5. The third-order valence-electron chi connectivity index (χ3n) is 7.47. The van der Waals surface area contributed by atoms with E-state index in [1.54, 1.807) is 42.9 Å². The molecule has 1 atom stereocenters. The number of para-hydroxylation sites is 1. The van der Waals surface area contributed by atoms with Gasteiger partial charge in [-0.3, -0.25) is 14.5 Å². The third-order valence-corrected chi connectivity index (χ3v) is 7.47. The van der Waals surface area contributed by atoms with E-state index in [-0.39, 0.29) is 22.5 Å². The van der Waals surface area contributed by atoms with Crippen LogP contribution in [0, 0.1) is 17.1 Å². The van der Waals surface area contributed by atoms with Crippen molar-refractivity contribution in [3.05, 3.63) is 119 Å². The number of imide groups is 1. The smallest absolute Gasteiger partial charge is 0.272 e. The lowest BCUT2D eigenvalue weighted by Gasteiger charge is -2.32. The Bertz CT molecular complexity index is 1770. The van der Waals surface area contributed by atoms with E-state index in [2.05, 4.69) is 0 Å². The number of nitriles is 1. The van der Waals surface area contributed by atoms with Gasteiger partial charge < -0.3 is 4.74 Å². The molecule has 0 radical (unpaired) electrons. The zero-order valence-electron chi connectivity index (χ0n) is 24.3. The van der Waals surface area contributed by atoms with Crippen molar-refractivity contribution in [3.8, 4) is 28.8 Å². The molecule has 0 fully saturated rings. The van der Waals surface area contributed by atoms with Crippen molar-refractivity contribution >= 4 is 17.9 Å². The Morgan fingerprint density at radius 2 is 1.72 bits per heavy atom. The van der Waals surface area contributed by atoms with E-state index in [0.29, 0.717) is 23.4 Å². The number of carbonyl (C=O) groups excluding carboxylic acids is 2. The second-order valence-corrected chi connectivity index (χ2v) is 10.3. The topological polar surface area (TPSA) is 88.2 Å². The lowest BCUT2D eigenvalue weighted by molar-refractivity contribution is -0.143. The van der Waals surface area contributed by atoms with Crippen LogP contribution in [0.3, 0.4) is 0 Å². The quantitative estimate of drug-likeness (QED) is 0.120. The van der Waals surface area contributed by atoms with Gasteiger partial charge >= 0.3 is 0 Å². The molecule has 0 saturated heterocycles. The summed E-state index contributed by atoms with van der Waals surface area (Å²) in [6.07, 6.45) is 5.11. The number of rotatable bonds is 9. The highest BCUT2D eigenvalue weighted by molar-refractivity contribution is 6.20. The predicted molar refractivity (Wildman–Crippen MR) is 162 cm³/mol. The van der Waals surface area contributed by atoms with Crippen LogP contribution in [0.5, 0.6) is 5.75 Å². The minimum Gasteiger partial charge on any atom is -0.491 e. The van der Waals surface area contributed by atoms with Gasteiger partial charge in [0.15, 0.2) is 11.6 Å². The zero-order chi connectivity index (χ0) is 30.5. The summed E-state index contributed by atoms with van der Waals surface area (Å²) in [6, 6.07) is 24.6. The molecule has 4 aromatic rings. The molecule has 5 rings (SSSR count). The van der Waals surface area contributed by atoms with Crippen LogP contribution >= 0.6 is 0 Å². The number of carbonyl (C=O) groups is 2. The van der Waals surface area contributed by atoms with Gasteiger partial charge in [-0.05, 0) is 67.8 Å². The highest BCUT2D eigenvalue weighted by Crippen LogP contribution is 2.35. The van der Waals surface area contributed by atoms with Gasteiger partial charge in [0.1, 0.15) is 17.3 Å². The van der Waals surface area contributed by atoms with E-state index in [1.165, 1.54) is 6.07 Å². The second kappa shape index (κ2) is 12.7. The molecule has 0 spiro atoms. The number of ether oxygens (including phenoxy) is 1. The molecule has 43 heavy (non-hydrogen) atoms. The van der Waals surface area contributed by atoms with Crippen molar-refractivity contribution in [2.45, 2.75) is 39.7 Å². The molecule has 0 N–H and O–H groups in total. The standard InChI is InChI=1S/C35H31FN4O3/c1-4-5-18-43-32-17-16-26(20-31(32)36)33-27(22-39(38-33)28-14-10-7-11-15-28)19-29-23(2)30(21-37)35(42)40(34(29)41)24(3)25-12-8-6-9-13-25/h6-17,19-20,22,24H,4-5,18H2,1-3H3/b29-19+. The van der Waals surface area contributed by atoms with Crippen molar-refractivity contribution in [2.75, 3.05) is 6.61 Å². The Hall–Kier alpha value is -5.29. The summed E-state index contributed by atoms with van der Waals surface area (Å²) < 4.78 is 22.4. The zero-order valence-corrected chi connectivity index (χ0v) is 24.3. The fourth-order valence-electron chi connectivity index (χ4n) is 5.01. The minimum absolute atomic E-state index is 0.106. The molecule has 2 heterocycles. The van der Waals surface area contributed by atoms with Gasteiger partial charge in [0.05, 0.1) is 18.3 Å². The number of halogens is 1. The SMILES string of the molecule is CCCCOc1ccc(-c2nn(-c3ccccc3)cc2/C=C2/C(=O)N(C(C)c3ccccc3)C(=O)C(C#N)=C2C)cc1F. The highest BCUT2D eigenvalue weighted by Gasteiger charge is 2.39. The molecule has 1 aromatic heterocycles. The van der Waals surface area contributed by atoms with Gasteiger partial charge in [0.25, 0.3) is 11.8 Å². The first kappa shape index (κ1) is 29.2. The van der Waals surface area contributed by atoms with E-state index < -0.39 is 23.7 Å². The highest BCUT2D eigenvalue weighted by atomic mass is 19.1. The molecule has 1 unspecified atom stereocenters. The summed E-state index contributed by atoms with van der Waals surface area (Å²) in [5.74, 6) is -1.53. The maximum atomic E-state index is 15.1. The molecule has 216 valence electrons. The van der Waals surface area contributed by atoms with Crippen LogP contribution in [0.1, 0.15) is 50.8 Å². The molecule has 3 aromatic carbocycles. The number of hydrogen-bond donors (Lipinski definition) is 0. The van der Waals surface area contributed by atoms with Crippen molar-refractivity contribution in [3.63, 3.8) is 0 Å². The van der Waals surface area contributed by atoms with Gasteiger partial charge in [-0.15, -0.1) is 0 Å². The average molecular weight is 575 g/mol. The molecule has 2 amide bonds. The summed E-state index contributed by atoms with van der Waals surface area (Å²) in [6.45, 7) is 5.80. The molecule has 0 saturated carbocycles. The number of nitrogens with zero attached hydrogens (tertiary/aromatic N) is 4. The van der Waals surface area contributed by atoms with Crippen molar-refractivity contribution in [1.82, 2.24) is 14.7 Å².